The Morgan fingerprint density at radius 1 is 0.885 bits per heavy atom. The van der Waals surface area contributed by atoms with Crippen molar-refractivity contribution < 1.29 is 19.1 Å². The lowest BCUT2D eigenvalue weighted by atomic mass is 9.91. The molecule has 0 atom stereocenters. The molecule has 0 fully saturated rings. The summed E-state index contributed by atoms with van der Waals surface area (Å²) in [5, 5.41) is 0. The smallest absolute Gasteiger partial charge is 0.330 e. The van der Waals surface area contributed by atoms with E-state index in [1.807, 2.05) is 60.7 Å². The number of ether oxygens (including phenoxy) is 1. The fourth-order valence-electron chi connectivity index (χ4n) is 2.36. The van der Waals surface area contributed by atoms with Crippen LogP contribution in [0.15, 0.2) is 72.8 Å². The summed E-state index contributed by atoms with van der Waals surface area (Å²) in [5.41, 5.74) is 6.26. The van der Waals surface area contributed by atoms with Gasteiger partial charge in [0.2, 0.25) is 5.91 Å². The third-order valence-corrected chi connectivity index (χ3v) is 3.49. The molecular weight excluding hydrogens is 332 g/mol. The first-order valence-corrected chi connectivity index (χ1v) is 8.16. The molecule has 0 aliphatic carbocycles. The van der Waals surface area contributed by atoms with Crippen LogP contribution in [0.3, 0.4) is 0 Å². The van der Waals surface area contributed by atoms with Gasteiger partial charge in [-0.3, -0.25) is 20.4 Å². The Balaban J connectivity index is 2.06. The van der Waals surface area contributed by atoms with Gasteiger partial charge in [0.05, 0.1) is 12.5 Å². The Hall–Kier alpha value is -3.41. The summed E-state index contributed by atoms with van der Waals surface area (Å²) in [5.74, 6) is -2.22. The minimum Gasteiger partial charge on any atom is -0.463 e. The summed E-state index contributed by atoms with van der Waals surface area (Å²) in [4.78, 5) is 35.6. The van der Waals surface area contributed by atoms with E-state index in [0.29, 0.717) is 0 Å². The van der Waals surface area contributed by atoms with Gasteiger partial charge < -0.3 is 4.74 Å². The van der Waals surface area contributed by atoms with E-state index in [-0.39, 0.29) is 12.5 Å². The van der Waals surface area contributed by atoms with Crippen LogP contribution in [0, 0.1) is 0 Å². The monoisotopic (exact) mass is 352 g/mol. The lowest BCUT2D eigenvalue weighted by Crippen LogP contribution is -2.43. The highest BCUT2D eigenvalue weighted by molar-refractivity contribution is 5.96. The second kappa shape index (κ2) is 9.78. The fraction of sp³-hybridized carbons (Fsp3) is 0.150. The van der Waals surface area contributed by atoms with E-state index >= 15 is 0 Å². The summed E-state index contributed by atoms with van der Waals surface area (Å²) >= 11 is 0. The highest BCUT2D eigenvalue weighted by atomic mass is 16.5. The van der Waals surface area contributed by atoms with Crippen LogP contribution in [0.2, 0.25) is 0 Å². The van der Waals surface area contributed by atoms with Crippen molar-refractivity contribution in [3.05, 3.63) is 83.9 Å². The van der Waals surface area contributed by atoms with E-state index in [2.05, 4.69) is 15.6 Å². The van der Waals surface area contributed by atoms with Crippen LogP contribution in [-0.2, 0) is 19.1 Å². The predicted octanol–water partition coefficient (Wildman–Crippen LogP) is 2.09. The van der Waals surface area contributed by atoms with Crippen molar-refractivity contribution in [3.63, 3.8) is 0 Å². The summed E-state index contributed by atoms with van der Waals surface area (Å²) in [6.07, 6.45) is 2.00. The van der Waals surface area contributed by atoms with Crippen LogP contribution in [0.4, 0.5) is 0 Å². The van der Waals surface area contributed by atoms with Crippen molar-refractivity contribution in [2.24, 2.45) is 0 Å². The van der Waals surface area contributed by atoms with Crippen LogP contribution in [-0.4, -0.2) is 24.4 Å². The van der Waals surface area contributed by atoms with Crippen molar-refractivity contribution in [2.45, 2.75) is 12.8 Å². The van der Waals surface area contributed by atoms with Crippen LogP contribution in [0.5, 0.6) is 0 Å². The first-order valence-electron chi connectivity index (χ1n) is 8.16. The van der Waals surface area contributed by atoms with Crippen molar-refractivity contribution >= 4 is 17.8 Å². The van der Waals surface area contributed by atoms with Crippen LogP contribution < -0.4 is 10.9 Å². The molecule has 0 saturated heterocycles. The molecule has 2 rings (SSSR count). The number of amides is 2. The molecule has 2 aromatic carbocycles. The zero-order valence-electron chi connectivity index (χ0n) is 14.3. The van der Waals surface area contributed by atoms with Gasteiger partial charge in [0, 0.05) is 12.2 Å². The van der Waals surface area contributed by atoms with Gasteiger partial charge >= 0.3 is 5.97 Å². The molecule has 26 heavy (non-hydrogen) atoms. The van der Waals surface area contributed by atoms with Crippen molar-refractivity contribution in [1.82, 2.24) is 10.9 Å². The van der Waals surface area contributed by atoms with Gasteiger partial charge in [0.15, 0.2) is 0 Å². The van der Waals surface area contributed by atoms with Gasteiger partial charge in [-0.1, -0.05) is 60.7 Å². The first kappa shape index (κ1) is 18.9. The number of esters is 1. The van der Waals surface area contributed by atoms with Gasteiger partial charge in [0.1, 0.15) is 0 Å². The summed E-state index contributed by atoms with van der Waals surface area (Å²) in [7, 11) is 0. The topological polar surface area (TPSA) is 84.5 Å². The van der Waals surface area contributed by atoms with E-state index in [1.165, 1.54) is 0 Å². The molecule has 6 heteroatoms. The minimum absolute atomic E-state index is 0.220. The predicted molar refractivity (Wildman–Crippen MR) is 96.8 cm³/mol. The maximum absolute atomic E-state index is 12.6. The third-order valence-electron chi connectivity index (χ3n) is 3.49. The zero-order valence-corrected chi connectivity index (χ0v) is 14.3. The maximum Gasteiger partial charge on any atom is 0.330 e. The Kier molecular flexibility index (Phi) is 7.12. The number of carbonyl (C=O) groups is 3. The number of hydrazine groups is 1. The molecular formula is C20H20N2O4. The van der Waals surface area contributed by atoms with Gasteiger partial charge in [-0.15, -0.1) is 0 Å². The maximum atomic E-state index is 12.6. The number of hydrogen-bond acceptors (Lipinski definition) is 4. The van der Waals surface area contributed by atoms with E-state index in [0.717, 1.165) is 23.3 Å². The molecule has 0 aromatic heterocycles. The van der Waals surface area contributed by atoms with Gasteiger partial charge in [-0.25, -0.2) is 4.79 Å². The second-order valence-electron chi connectivity index (χ2n) is 5.32. The zero-order chi connectivity index (χ0) is 18.8. The number of carbonyl (C=O) groups excluding carboxylic acids is 3. The van der Waals surface area contributed by atoms with Crippen LogP contribution in [0.1, 0.15) is 24.0 Å². The second-order valence-corrected chi connectivity index (χ2v) is 5.32. The summed E-state index contributed by atoms with van der Waals surface area (Å²) < 4.78 is 4.68. The van der Waals surface area contributed by atoms with Gasteiger partial charge in [0.25, 0.3) is 5.91 Å². The third kappa shape index (κ3) is 5.59. The first-order chi connectivity index (χ1) is 12.6. The SMILES string of the molecule is CCOC(=O)/C=C/C(=O)NNC(=O)C(c1ccccc1)c1ccccc1. The molecule has 2 N–H and O–H groups in total. The lowest BCUT2D eigenvalue weighted by Gasteiger charge is -2.17. The molecule has 0 heterocycles. The van der Waals surface area contributed by atoms with Crippen molar-refractivity contribution in [1.29, 1.82) is 0 Å². The van der Waals surface area contributed by atoms with Crippen molar-refractivity contribution in [3.8, 4) is 0 Å². The highest BCUT2D eigenvalue weighted by Crippen LogP contribution is 2.24. The number of rotatable bonds is 6. The lowest BCUT2D eigenvalue weighted by molar-refractivity contribution is -0.137. The Morgan fingerprint density at radius 3 is 1.92 bits per heavy atom. The Bertz CT molecular complexity index is 733. The van der Waals surface area contributed by atoms with Crippen LogP contribution >= 0.6 is 0 Å². The molecule has 0 aliphatic heterocycles. The average Bonchev–Trinajstić information content (AvgIpc) is 2.67. The van der Waals surface area contributed by atoms with Gasteiger partial charge in [-0.2, -0.15) is 0 Å². The Labute approximate surface area is 151 Å². The molecule has 2 aromatic rings. The standard InChI is InChI=1S/C20H20N2O4/c1-2-26-18(24)14-13-17(23)21-22-20(25)19(15-9-5-3-6-10-15)16-11-7-4-8-12-16/h3-14,19H,2H2,1H3,(H,21,23)(H,22,25)/b14-13+. The number of hydrogen-bond donors (Lipinski definition) is 2. The number of benzene rings is 2. The molecule has 6 nitrogen and oxygen atoms in total. The molecule has 0 bridgehead atoms. The Morgan fingerprint density at radius 2 is 1.42 bits per heavy atom. The van der Waals surface area contributed by atoms with Gasteiger partial charge in [-0.05, 0) is 18.1 Å². The molecule has 0 radical (unpaired) electrons. The molecule has 134 valence electrons. The molecule has 0 unspecified atom stereocenters. The highest BCUT2D eigenvalue weighted by Gasteiger charge is 2.22. The van der Waals surface area contributed by atoms with E-state index < -0.39 is 17.8 Å². The average molecular weight is 352 g/mol. The minimum atomic E-state index is -0.633. The van der Waals surface area contributed by atoms with E-state index in [4.69, 9.17) is 0 Å². The van der Waals surface area contributed by atoms with E-state index in [1.54, 1.807) is 6.92 Å². The molecule has 0 saturated carbocycles. The molecule has 0 aliphatic rings. The van der Waals surface area contributed by atoms with Crippen LogP contribution in [0.25, 0.3) is 0 Å². The van der Waals surface area contributed by atoms with Crippen molar-refractivity contribution in [2.75, 3.05) is 6.61 Å². The largest absolute Gasteiger partial charge is 0.463 e. The number of nitrogens with one attached hydrogen (secondary N) is 2. The van der Waals surface area contributed by atoms with E-state index in [9.17, 15) is 14.4 Å². The quantitative estimate of drug-likeness (QED) is 0.474. The normalized spacial score (nSPS) is 10.5. The fourth-order valence-corrected chi connectivity index (χ4v) is 2.36. The summed E-state index contributed by atoms with van der Waals surface area (Å²) in [6.45, 7) is 1.89. The molecule has 2 amide bonds. The summed E-state index contributed by atoms with van der Waals surface area (Å²) in [6, 6.07) is 18.5. The molecule has 0 spiro atoms.